The number of carbonyl (C=O) groups is 2. The highest BCUT2D eigenvalue weighted by atomic mass is 32.2. The van der Waals surface area contributed by atoms with E-state index in [9.17, 15) is 14.7 Å². The van der Waals surface area contributed by atoms with E-state index in [1.54, 1.807) is 48.5 Å². The highest BCUT2D eigenvalue weighted by Crippen LogP contribution is 2.45. The largest absolute Gasteiger partial charge is 0.507 e. The van der Waals surface area contributed by atoms with Crippen molar-refractivity contribution in [2.75, 3.05) is 25.2 Å². The molecule has 46 heavy (non-hydrogen) atoms. The minimum atomic E-state index is -1.01. The summed E-state index contributed by atoms with van der Waals surface area (Å²) >= 11 is 2.70. The molecule has 1 aromatic heterocycles. The van der Waals surface area contributed by atoms with Gasteiger partial charge in [-0.1, -0.05) is 85.0 Å². The maximum atomic E-state index is 13.7. The third-order valence-electron chi connectivity index (χ3n) is 7.28. The van der Waals surface area contributed by atoms with Crippen LogP contribution in [-0.4, -0.2) is 47.3 Å². The van der Waals surface area contributed by atoms with Gasteiger partial charge < -0.3 is 19.3 Å². The number of carbonyl (C=O) groups excluding carboxylic acids is 2. The predicted molar refractivity (Wildman–Crippen MR) is 181 cm³/mol. The van der Waals surface area contributed by atoms with E-state index in [4.69, 9.17) is 14.2 Å². The second-order valence-electron chi connectivity index (χ2n) is 10.5. The van der Waals surface area contributed by atoms with Crippen LogP contribution in [0.2, 0.25) is 0 Å². The standard InChI is InChI=1S/C35H35N3O6S2/c1-5-7-19-43-26-15-12-24(13-16-26)31(39)29-30(25-14-17-27(44-18-6-2)28(20-25)42-4)38(33(41)32(29)40)34-36-37-35(46-34)45-21-23-10-8-22(3)9-11-23/h6,8-17,20,30,39H,2,5,7,18-19,21H2,1,3-4H3. The molecule has 9 nitrogen and oxygen atoms in total. The number of rotatable bonds is 14. The number of aliphatic hydroxyl groups excluding tert-OH is 1. The molecule has 238 valence electrons. The normalized spacial score (nSPS) is 15.6. The monoisotopic (exact) mass is 657 g/mol. The lowest BCUT2D eigenvalue weighted by atomic mass is 9.95. The van der Waals surface area contributed by atoms with Crippen LogP contribution in [0.4, 0.5) is 5.13 Å². The van der Waals surface area contributed by atoms with Gasteiger partial charge in [-0.05, 0) is 60.9 Å². The zero-order chi connectivity index (χ0) is 32.6. The van der Waals surface area contributed by atoms with Gasteiger partial charge >= 0.3 is 5.91 Å². The Morgan fingerprint density at radius 1 is 1.04 bits per heavy atom. The fourth-order valence-corrected chi connectivity index (χ4v) is 6.68. The number of hydrogen-bond acceptors (Lipinski definition) is 10. The first-order chi connectivity index (χ1) is 22.3. The zero-order valence-corrected chi connectivity index (χ0v) is 27.5. The average molecular weight is 658 g/mol. The number of aryl methyl sites for hydroxylation is 1. The van der Waals surface area contributed by atoms with Crippen molar-refractivity contribution in [1.82, 2.24) is 10.2 Å². The molecule has 1 aliphatic heterocycles. The van der Waals surface area contributed by atoms with E-state index >= 15 is 0 Å². The number of amides is 1. The van der Waals surface area contributed by atoms with E-state index in [-0.39, 0.29) is 23.1 Å². The van der Waals surface area contributed by atoms with E-state index in [0.29, 0.717) is 45.1 Å². The second kappa shape index (κ2) is 15.1. The van der Waals surface area contributed by atoms with Gasteiger partial charge in [-0.3, -0.25) is 14.5 Å². The minimum absolute atomic E-state index is 0.0736. The summed E-state index contributed by atoms with van der Waals surface area (Å²) in [5.41, 5.74) is 3.12. The molecule has 5 rings (SSSR count). The molecule has 0 radical (unpaired) electrons. The van der Waals surface area contributed by atoms with Gasteiger partial charge in [0.1, 0.15) is 18.1 Å². The molecule has 1 N–H and O–H groups in total. The summed E-state index contributed by atoms with van der Waals surface area (Å²) in [5.74, 6) is 0.210. The van der Waals surface area contributed by atoms with Crippen LogP contribution in [0.5, 0.6) is 17.2 Å². The average Bonchev–Trinajstić information content (AvgIpc) is 3.65. The topological polar surface area (TPSA) is 111 Å². The molecule has 3 aromatic carbocycles. The Morgan fingerprint density at radius 2 is 1.80 bits per heavy atom. The van der Waals surface area contributed by atoms with Crippen molar-refractivity contribution >= 4 is 45.7 Å². The molecule has 1 unspecified atom stereocenters. The highest BCUT2D eigenvalue weighted by Gasteiger charge is 2.48. The first-order valence-electron chi connectivity index (χ1n) is 14.8. The Bertz CT molecular complexity index is 1730. The fraction of sp³-hybridized carbons (Fsp3) is 0.257. The molecule has 1 aliphatic rings. The Hall–Kier alpha value is -4.61. The lowest BCUT2D eigenvalue weighted by Crippen LogP contribution is -2.29. The van der Waals surface area contributed by atoms with Crippen molar-refractivity contribution in [3.63, 3.8) is 0 Å². The molecule has 0 spiro atoms. The van der Waals surface area contributed by atoms with E-state index in [2.05, 4.69) is 48.0 Å². The first kappa shape index (κ1) is 32.8. The number of methoxy groups -OCH3 is 1. The van der Waals surface area contributed by atoms with Gasteiger partial charge in [0.2, 0.25) is 5.13 Å². The number of thioether (sulfide) groups is 1. The van der Waals surface area contributed by atoms with Gasteiger partial charge in [0.15, 0.2) is 15.8 Å². The van der Waals surface area contributed by atoms with Crippen molar-refractivity contribution < 1.29 is 28.9 Å². The van der Waals surface area contributed by atoms with Gasteiger partial charge in [-0.15, -0.1) is 10.2 Å². The summed E-state index contributed by atoms with van der Waals surface area (Å²) in [6, 6.07) is 19.1. The number of unbranched alkanes of at least 4 members (excludes halogenated alkanes) is 1. The van der Waals surface area contributed by atoms with E-state index in [1.807, 2.05) is 6.92 Å². The Morgan fingerprint density at radius 3 is 2.50 bits per heavy atom. The molecule has 1 atom stereocenters. The van der Waals surface area contributed by atoms with E-state index < -0.39 is 17.7 Å². The molecule has 0 saturated carbocycles. The van der Waals surface area contributed by atoms with Gasteiger partial charge in [-0.25, -0.2) is 0 Å². The van der Waals surface area contributed by atoms with Crippen LogP contribution in [0, 0.1) is 6.92 Å². The summed E-state index contributed by atoms with van der Waals surface area (Å²) in [7, 11) is 1.50. The second-order valence-corrected chi connectivity index (χ2v) is 12.7. The fourth-order valence-electron chi connectivity index (χ4n) is 4.85. The Labute approximate surface area is 276 Å². The highest BCUT2D eigenvalue weighted by molar-refractivity contribution is 8.00. The number of Topliss-reactive ketones (excluding diaryl/α,β-unsaturated/α-hetero) is 1. The van der Waals surface area contributed by atoms with Crippen molar-refractivity contribution in [2.24, 2.45) is 0 Å². The number of hydrogen-bond donors (Lipinski definition) is 1. The quantitative estimate of drug-likeness (QED) is 0.0280. The van der Waals surface area contributed by atoms with Crippen molar-refractivity contribution in [3.8, 4) is 17.2 Å². The van der Waals surface area contributed by atoms with Gasteiger partial charge in [0, 0.05) is 11.3 Å². The van der Waals surface area contributed by atoms with Crippen LogP contribution < -0.4 is 19.1 Å². The molecule has 1 amide bonds. The lowest BCUT2D eigenvalue weighted by Gasteiger charge is -2.23. The van der Waals surface area contributed by atoms with E-state index in [1.165, 1.54) is 40.7 Å². The number of nitrogens with zero attached hydrogens (tertiary/aromatic N) is 3. The first-order valence-corrected chi connectivity index (χ1v) is 16.6. The van der Waals surface area contributed by atoms with Crippen LogP contribution >= 0.6 is 23.1 Å². The number of aliphatic hydroxyl groups is 1. The number of ether oxygens (including phenoxy) is 3. The maximum absolute atomic E-state index is 13.7. The number of benzene rings is 3. The zero-order valence-electron chi connectivity index (χ0n) is 25.9. The number of aromatic nitrogens is 2. The number of anilines is 1. The molecular formula is C35H35N3O6S2. The van der Waals surface area contributed by atoms with Crippen LogP contribution in [0.15, 0.2) is 89.3 Å². The summed E-state index contributed by atoms with van der Waals surface area (Å²) in [6.07, 6.45) is 3.54. The summed E-state index contributed by atoms with van der Waals surface area (Å²) < 4.78 is 17.7. The molecule has 0 bridgehead atoms. The SMILES string of the molecule is C=CCOc1ccc(C2C(=C(O)c3ccc(OCCCC)cc3)C(=O)C(=O)N2c2nnc(SCc3ccc(C)cc3)s2)cc1OC. The molecule has 0 aliphatic carbocycles. The summed E-state index contributed by atoms with van der Waals surface area (Å²) in [4.78, 5) is 28.7. The maximum Gasteiger partial charge on any atom is 0.301 e. The molecular weight excluding hydrogens is 623 g/mol. The Balaban J connectivity index is 1.53. The van der Waals surface area contributed by atoms with Crippen LogP contribution in [0.1, 0.15) is 48.1 Å². The van der Waals surface area contributed by atoms with Crippen molar-refractivity contribution in [1.29, 1.82) is 0 Å². The Kier molecular flexibility index (Phi) is 10.8. The van der Waals surface area contributed by atoms with Gasteiger partial charge in [-0.2, -0.15) is 0 Å². The van der Waals surface area contributed by atoms with Gasteiger partial charge in [0.05, 0.1) is 25.3 Å². The third kappa shape index (κ3) is 7.27. The van der Waals surface area contributed by atoms with Gasteiger partial charge in [0.25, 0.3) is 5.78 Å². The predicted octanol–water partition coefficient (Wildman–Crippen LogP) is 7.52. The third-order valence-corrected chi connectivity index (χ3v) is 9.41. The smallest absolute Gasteiger partial charge is 0.301 e. The molecule has 4 aromatic rings. The molecule has 1 fully saturated rings. The molecule has 1 saturated heterocycles. The summed E-state index contributed by atoms with van der Waals surface area (Å²) in [6.45, 7) is 8.65. The van der Waals surface area contributed by atoms with Crippen LogP contribution in [0.25, 0.3) is 5.76 Å². The van der Waals surface area contributed by atoms with E-state index in [0.717, 1.165) is 18.4 Å². The minimum Gasteiger partial charge on any atom is -0.507 e. The number of ketones is 1. The van der Waals surface area contributed by atoms with Crippen molar-refractivity contribution in [2.45, 2.75) is 42.8 Å². The van der Waals surface area contributed by atoms with Crippen molar-refractivity contribution in [3.05, 3.63) is 107 Å². The lowest BCUT2D eigenvalue weighted by molar-refractivity contribution is -0.132. The molecule has 2 heterocycles. The van der Waals surface area contributed by atoms with Crippen LogP contribution in [-0.2, 0) is 15.3 Å². The summed E-state index contributed by atoms with van der Waals surface area (Å²) in [5, 5.41) is 20.4. The van der Waals surface area contributed by atoms with Crippen LogP contribution in [0.3, 0.4) is 0 Å². The molecule has 11 heteroatoms.